The first-order valence-corrected chi connectivity index (χ1v) is 7.21. The molecule has 22 heavy (non-hydrogen) atoms. The van der Waals surface area contributed by atoms with E-state index in [4.69, 9.17) is 5.73 Å². The van der Waals surface area contributed by atoms with Crippen LogP contribution in [0.5, 0.6) is 0 Å². The Morgan fingerprint density at radius 2 is 1.73 bits per heavy atom. The predicted molar refractivity (Wildman–Crippen MR) is 84.3 cm³/mol. The molecule has 0 aliphatic heterocycles. The Morgan fingerprint density at radius 1 is 1.09 bits per heavy atom. The number of carboxylic acids is 1. The van der Waals surface area contributed by atoms with Crippen LogP contribution in [-0.2, 0) is 0 Å². The summed E-state index contributed by atoms with van der Waals surface area (Å²) in [6, 6.07) is 9.26. The van der Waals surface area contributed by atoms with E-state index in [1.807, 2.05) is 0 Å². The molecule has 0 spiro atoms. The topological polar surface area (TPSA) is 76.2 Å². The van der Waals surface area contributed by atoms with Gasteiger partial charge in [-0.3, -0.25) is 4.98 Å². The van der Waals surface area contributed by atoms with Crippen molar-refractivity contribution in [3.05, 3.63) is 60.2 Å². The highest BCUT2D eigenvalue weighted by Crippen LogP contribution is 2.44. The largest absolute Gasteiger partial charge is 0.478 e. The lowest BCUT2D eigenvalue weighted by Gasteiger charge is -2.06. The zero-order chi connectivity index (χ0) is 15.7. The maximum atomic E-state index is 13.1. The van der Waals surface area contributed by atoms with E-state index in [9.17, 15) is 14.3 Å². The third-order valence-corrected chi connectivity index (χ3v) is 4.29. The molecule has 6 heteroatoms. The Bertz CT molecular complexity index is 829. The van der Waals surface area contributed by atoms with Crippen molar-refractivity contribution in [1.29, 1.82) is 0 Å². The number of anilines is 1. The standard InChI is InChI=1S/C16H11FN2O2S/c17-11-3-1-9(2-4-11)12-13(16(20)21)15(18)22-14(12)10-5-7-19-8-6-10/h1-8H,18H2,(H,20,21). The Labute approximate surface area is 129 Å². The fraction of sp³-hybridized carbons (Fsp3) is 0. The zero-order valence-electron chi connectivity index (χ0n) is 11.3. The fourth-order valence-corrected chi connectivity index (χ4v) is 3.35. The first kappa shape index (κ1) is 14.2. The average molecular weight is 314 g/mol. The van der Waals surface area contributed by atoms with Gasteiger partial charge in [0.25, 0.3) is 0 Å². The summed E-state index contributed by atoms with van der Waals surface area (Å²) in [5.41, 5.74) is 7.87. The number of nitrogen functional groups attached to an aromatic ring is 1. The molecule has 0 saturated carbocycles. The van der Waals surface area contributed by atoms with Crippen molar-refractivity contribution in [2.75, 3.05) is 5.73 Å². The van der Waals surface area contributed by atoms with E-state index in [-0.39, 0.29) is 16.4 Å². The van der Waals surface area contributed by atoms with Gasteiger partial charge in [0, 0.05) is 22.8 Å². The van der Waals surface area contributed by atoms with Gasteiger partial charge in [-0.2, -0.15) is 0 Å². The van der Waals surface area contributed by atoms with Crippen molar-refractivity contribution in [3.63, 3.8) is 0 Å². The molecule has 0 fully saturated rings. The Kier molecular flexibility index (Phi) is 3.60. The van der Waals surface area contributed by atoms with Gasteiger partial charge < -0.3 is 10.8 Å². The van der Waals surface area contributed by atoms with E-state index >= 15 is 0 Å². The SMILES string of the molecule is Nc1sc(-c2ccncc2)c(-c2ccc(F)cc2)c1C(=O)O. The lowest BCUT2D eigenvalue weighted by Crippen LogP contribution is -2.00. The molecule has 3 aromatic rings. The second kappa shape index (κ2) is 5.57. The number of halogens is 1. The number of nitrogens with zero attached hydrogens (tertiary/aromatic N) is 1. The van der Waals surface area contributed by atoms with Gasteiger partial charge in [-0.25, -0.2) is 9.18 Å². The van der Waals surface area contributed by atoms with Crippen molar-refractivity contribution >= 4 is 22.3 Å². The number of carbonyl (C=O) groups is 1. The van der Waals surface area contributed by atoms with Gasteiger partial charge in [0.05, 0.1) is 0 Å². The number of aromatic carboxylic acids is 1. The van der Waals surface area contributed by atoms with E-state index < -0.39 is 5.97 Å². The first-order chi connectivity index (χ1) is 10.6. The smallest absolute Gasteiger partial charge is 0.339 e. The Morgan fingerprint density at radius 3 is 2.32 bits per heavy atom. The van der Waals surface area contributed by atoms with Crippen molar-refractivity contribution in [3.8, 4) is 21.6 Å². The molecule has 0 unspecified atom stereocenters. The molecule has 3 N–H and O–H groups in total. The molecule has 0 radical (unpaired) electrons. The van der Waals surface area contributed by atoms with Crippen LogP contribution in [0.4, 0.5) is 9.39 Å². The van der Waals surface area contributed by atoms with Gasteiger partial charge in [-0.15, -0.1) is 11.3 Å². The minimum Gasteiger partial charge on any atom is -0.478 e. The summed E-state index contributed by atoms with van der Waals surface area (Å²) in [7, 11) is 0. The van der Waals surface area contributed by atoms with Crippen molar-refractivity contribution in [1.82, 2.24) is 4.98 Å². The second-order valence-corrected chi connectivity index (χ2v) is 5.65. The Balaban J connectivity index is 2.30. The number of aromatic nitrogens is 1. The minimum absolute atomic E-state index is 0.0448. The van der Waals surface area contributed by atoms with E-state index in [1.54, 1.807) is 36.7 Å². The number of benzene rings is 1. The second-order valence-electron chi connectivity index (χ2n) is 4.59. The summed E-state index contributed by atoms with van der Waals surface area (Å²) in [6.45, 7) is 0. The van der Waals surface area contributed by atoms with Crippen molar-refractivity contribution in [2.45, 2.75) is 0 Å². The van der Waals surface area contributed by atoms with Gasteiger partial charge in [-0.05, 0) is 35.4 Å². The molecule has 2 heterocycles. The molecule has 1 aromatic carbocycles. The summed E-state index contributed by atoms with van der Waals surface area (Å²) < 4.78 is 13.1. The quantitative estimate of drug-likeness (QED) is 0.769. The van der Waals surface area contributed by atoms with E-state index in [2.05, 4.69) is 4.98 Å². The maximum Gasteiger partial charge on any atom is 0.339 e. The molecule has 0 bridgehead atoms. The Hall–Kier alpha value is -2.73. The lowest BCUT2D eigenvalue weighted by atomic mass is 9.98. The van der Waals surface area contributed by atoms with Crippen LogP contribution in [0.15, 0.2) is 48.8 Å². The summed E-state index contributed by atoms with van der Waals surface area (Å²) >= 11 is 1.20. The number of carboxylic acid groups (broad SMARTS) is 1. The van der Waals surface area contributed by atoms with Crippen LogP contribution < -0.4 is 5.73 Å². The van der Waals surface area contributed by atoms with E-state index in [0.29, 0.717) is 11.1 Å². The van der Waals surface area contributed by atoms with Crippen LogP contribution in [0.1, 0.15) is 10.4 Å². The number of rotatable bonds is 3. The summed E-state index contributed by atoms with van der Waals surface area (Å²) in [6.07, 6.45) is 3.25. The van der Waals surface area contributed by atoms with Crippen LogP contribution in [0, 0.1) is 5.82 Å². The monoisotopic (exact) mass is 314 g/mol. The van der Waals surface area contributed by atoms with Gasteiger partial charge in [0.15, 0.2) is 0 Å². The lowest BCUT2D eigenvalue weighted by molar-refractivity contribution is 0.0699. The predicted octanol–water partition coefficient (Wildman–Crippen LogP) is 3.90. The number of pyridine rings is 1. The average Bonchev–Trinajstić information content (AvgIpc) is 2.86. The van der Waals surface area contributed by atoms with Crippen LogP contribution in [0.2, 0.25) is 0 Å². The maximum absolute atomic E-state index is 13.1. The third kappa shape index (κ3) is 2.44. The summed E-state index contributed by atoms with van der Waals surface area (Å²) in [4.78, 5) is 16.3. The molecule has 0 amide bonds. The molecule has 4 nitrogen and oxygen atoms in total. The molecule has 0 aliphatic carbocycles. The number of hydrogen-bond donors (Lipinski definition) is 2. The van der Waals surface area contributed by atoms with Crippen molar-refractivity contribution < 1.29 is 14.3 Å². The first-order valence-electron chi connectivity index (χ1n) is 6.40. The highest BCUT2D eigenvalue weighted by atomic mass is 32.1. The van der Waals surface area contributed by atoms with E-state index in [0.717, 1.165) is 10.4 Å². The normalized spacial score (nSPS) is 10.6. The third-order valence-electron chi connectivity index (χ3n) is 3.22. The summed E-state index contributed by atoms with van der Waals surface area (Å²) in [5, 5.41) is 9.68. The molecule has 3 rings (SSSR count). The van der Waals surface area contributed by atoms with Crippen LogP contribution in [0.25, 0.3) is 21.6 Å². The minimum atomic E-state index is -1.10. The molecule has 0 aliphatic rings. The number of nitrogens with two attached hydrogens (primary N) is 1. The molecular formula is C16H11FN2O2S. The van der Waals surface area contributed by atoms with Crippen molar-refractivity contribution in [2.24, 2.45) is 0 Å². The number of thiophene rings is 1. The highest BCUT2D eigenvalue weighted by Gasteiger charge is 2.23. The number of hydrogen-bond acceptors (Lipinski definition) is 4. The molecule has 110 valence electrons. The summed E-state index contributed by atoms with van der Waals surface area (Å²) in [5.74, 6) is -1.48. The van der Waals surface area contributed by atoms with Crippen LogP contribution in [-0.4, -0.2) is 16.1 Å². The molecule has 2 aromatic heterocycles. The van der Waals surface area contributed by atoms with Gasteiger partial charge >= 0.3 is 5.97 Å². The molecular weight excluding hydrogens is 303 g/mol. The van der Waals surface area contributed by atoms with Crippen LogP contribution in [0.3, 0.4) is 0 Å². The van der Waals surface area contributed by atoms with Crippen LogP contribution >= 0.6 is 11.3 Å². The van der Waals surface area contributed by atoms with Gasteiger partial charge in [0.2, 0.25) is 0 Å². The fourth-order valence-electron chi connectivity index (χ4n) is 2.26. The van der Waals surface area contributed by atoms with E-state index in [1.165, 1.54) is 23.5 Å². The molecule has 0 atom stereocenters. The highest BCUT2D eigenvalue weighted by molar-refractivity contribution is 7.20. The zero-order valence-corrected chi connectivity index (χ0v) is 12.1. The van der Waals surface area contributed by atoms with Gasteiger partial charge in [-0.1, -0.05) is 12.1 Å². The van der Waals surface area contributed by atoms with Gasteiger partial charge in [0.1, 0.15) is 16.4 Å². The molecule has 0 saturated heterocycles.